The van der Waals surface area contributed by atoms with Crippen molar-refractivity contribution in [2.75, 3.05) is 0 Å². The van der Waals surface area contributed by atoms with Gasteiger partial charge in [-0.25, -0.2) is 0 Å². The smallest absolute Gasteiger partial charge is 0.0792 e. The van der Waals surface area contributed by atoms with Gasteiger partial charge in [-0.1, -0.05) is 103 Å². The molecular formula is C51H31N3. The van der Waals surface area contributed by atoms with Gasteiger partial charge in [-0.2, -0.15) is 0 Å². The molecule has 0 spiro atoms. The number of para-hydroxylation sites is 3. The average molecular weight is 686 g/mol. The number of benzene rings is 8. The number of hydrogen-bond donors (Lipinski definition) is 0. The quantitative estimate of drug-likeness (QED) is 0.181. The van der Waals surface area contributed by atoms with Crippen molar-refractivity contribution in [3.63, 3.8) is 0 Å². The van der Waals surface area contributed by atoms with Gasteiger partial charge < -0.3 is 9.13 Å². The highest BCUT2D eigenvalue weighted by molar-refractivity contribution is 6.16. The summed E-state index contributed by atoms with van der Waals surface area (Å²) in [5, 5.41) is 7.48. The van der Waals surface area contributed by atoms with E-state index in [-0.39, 0.29) is 0 Å². The molecule has 3 nitrogen and oxygen atoms in total. The lowest BCUT2D eigenvalue weighted by molar-refractivity contribution is 1.18. The van der Waals surface area contributed by atoms with Crippen LogP contribution in [0.1, 0.15) is 0 Å². The Morgan fingerprint density at radius 2 is 0.852 bits per heavy atom. The lowest BCUT2D eigenvalue weighted by Gasteiger charge is -2.09. The van der Waals surface area contributed by atoms with Gasteiger partial charge in [0.15, 0.2) is 0 Å². The Morgan fingerprint density at radius 1 is 0.333 bits per heavy atom. The molecule has 0 aliphatic heterocycles. The minimum atomic E-state index is 1.08. The van der Waals surface area contributed by atoms with E-state index in [2.05, 4.69) is 191 Å². The molecule has 0 fully saturated rings. The number of aromatic nitrogens is 3. The van der Waals surface area contributed by atoms with Crippen molar-refractivity contribution >= 4 is 54.4 Å². The number of fused-ring (bicyclic) bond motifs is 9. The number of nitrogens with zero attached hydrogens (tertiary/aromatic N) is 3. The molecule has 0 bridgehead atoms. The van der Waals surface area contributed by atoms with Crippen LogP contribution >= 0.6 is 0 Å². The van der Waals surface area contributed by atoms with E-state index in [1.165, 1.54) is 99.0 Å². The maximum Gasteiger partial charge on any atom is 0.0792 e. The second kappa shape index (κ2) is 11.1. The van der Waals surface area contributed by atoms with Gasteiger partial charge >= 0.3 is 0 Å². The van der Waals surface area contributed by atoms with Crippen molar-refractivity contribution in [2.45, 2.75) is 0 Å². The summed E-state index contributed by atoms with van der Waals surface area (Å²) < 4.78 is 4.78. The molecule has 3 aromatic heterocycles. The molecule has 3 heterocycles. The van der Waals surface area contributed by atoms with Gasteiger partial charge in [-0.05, 0) is 118 Å². The Labute approximate surface area is 311 Å². The number of hydrogen-bond acceptors (Lipinski definition) is 1. The summed E-state index contributed by atoms with van der Waals surface area (Å²) in [6.45, 7) is 0. The van der Waals surface area contributed by atoms with Crippen LogP contribution in [-0.4, -0.2) is 14.1 Å². The van der Waals surface area contributed by atoms with Crippen LogP contribution < -0.4 is 0 Å². The predicted octanol–water partition coefficient (Wildman–Crippen LogP) is 13.4. The van der Waals surface area contributed by atoms with Crippen LogP contribution in [0, 0.1) is 0 Å². The highest BCUT2D eigenvalue weighted by Crippen LogP contribution is 2.47. The van der Waals surface area contributed by atoms with Gasteiger partial charge in [-0.3, -0.25) is 4.98 Å². The molecule has 1 aliphatic carbocycles. The fourth-order valence-corrected chi connectivity index (χ4v) is 9.06. The van der Waals surface area contributed by atoms with Crippen molar-refractivity contribution in [3.05, 3.63) is 188 Å². The first-order valence-corrected chi connectivity index (χ1v) is 18.5. The van der Waals surface area contributed by atoms with Crippen molar-refractivity contribution in [1.29, 1.82) is 0 Å². The third kappa shape index (κ3) is 4.15. The zero-order valence-electron chi connectivity index (χ0n) is 29.2. The highest BCUT2D eigenvalue weighted by atomic mass is 15.0. The maximum atomic E-state index is 4.80. The molecule has 54 heavy (non-hydrogen) atoms. The molecule has 12 rings (SSSR count). The second-order valence-corrected chi connectivity index (χ2v) is 14.4. The largest absolute Gasteiger partial charge is 0.309 e. The van der Waals surface area contributed by atoms with Gasteiger partial charge in [-0.15, -0.1) is 0 Å². The Bertz CT molecular complexity index is 3310. The molecule has 1 aliphatic rings. The summed E-state index contributed by atoms with van der Waals surface area (Å²) in [7, 11) is 0. The molecule has 11 aromatic rings. The zero-order valence-corrected chi connectivity index (χ0v) is 29.2. The standard InChI is InChI=1S/C51H31N3/c1-3-11-37(12-4-1)53-46-17-8-7-15-39(46)43-29-34(19-23-47(43)53)36-21-25-49-45(31-36)44-30-35(20-24-48(44)54(49)38-13-5-2-6-14-38)33-18-22-41-42(28-33)40-16-9-10-32-26-27-52-51(41)50(32)40/h1-31H. The molecule has 0 amide bonds. The van der Waals surface area contributed by atoms with Crippen molar-refractivity contribution < 1.29 is 0 Å². The van der Waals surface area contributed by atoms with Crippen LogP contribution in [0.5, 0.6) is 0 Å². The minimum absolute atomic E-state index is 1.08. The Kier molecular flexibility index (Phi) is 6.05. The van der Waals surface area contributed by atoms with Crippen LogP contribution in [0.2, 0.25) is 0 Å². The third-order valence-corrected chi connectivity index (χ3v) is 11.5. The fraction of sp³-hybridized carbons (Fsp3) is 0. The van der Waals surface area contributed by atoms with Crippen LogP contribution in [0.15, 0.2) is 188 Å². The van der Waals surface area contributed by atoms with Gasteiger partial charge in [0.25, 0.3) is 0 Å². The number of rotatable bonds is 4. The van der Waals surface area contributed by atoms with E-state index in [1.54, 1.807) is 0 Å². The summed E-state index contributed by atoms with van der Waals surface area (Å²) in [6.07, 6.45) is 1.93. The molecule has 250 valence electrons. The van der Waals surface area contributed by atoms with Gasteiger partial charge in [0.2, 0.25) is 0 Å². The highest BCUT2D eigenvalue weighted by Gasteiger charge is 2.23. The van der Waals surface area contributed by atoms with E-state index in [1.807, 2.05) is 6.20 Å². The van der Waals surface area contributed by atoms with E-state index < -0.39 is 0 Å². The Morgan fingerprint density at radius 3 is 1.48 bits per heavy atom. The number of pyridine rings is 1. The molecule has 0 saturated carbocycles. The molecule has 0 saturated heterocycles. The van der Waals surface area contributed by atoms with Crippen LogP contribution in [0.25, 0.3) is 110 Å². The summed E-state index contributed by atoms with van der Waals surface area (Å²) in [5.41, 5.74) is 16.8. The first-order chi connectivity index (χ1) is 26.8. The molecule has 8 aromatic carbocycles. The lowest BCUT2D eigenvalue weighted by Crippen LogP contribution is -1.93. The molecular weight excluding hydrogens is 655 g/mol. The summed E-state index contributed by atoms with van der Waals surface area (Å²) in [6, 6.07) is 66.6. The average Bonchev–Trinajstić information content (AvgIpc) is 3.87. The predicted molar refractivity (Wildman–Crippen MR) is 226 cm³/mol. The molecule has 0 radical (unpaired) electrons. The summed E-state index contributed by atoms with van der Waals surface area (Å²) in [5.74, 6) is 0. The monoisotopic (exact) mass is 685 g/mol. The van der Waals surface area contributed by atoms with Crippen molar-refractivity contribution in [3.8, 4) is 56.0 Å². The van der Waals surface area contributed by atoms with E-state index in [0.717, 1.165) is 11.4 Å². The lowest BCUT2D eigenvalue weighted by atomic mass is 9.96. The second-order valence-electron chi connectivity index (χ2n) is 14.4. The maximum absolute atomic E-state index is 4.80. The molecule has 0 N–H and O–H groups in total. The summed E-state index contributed by atoms with van der Waals surface area (Å²) >= 11 is 0. The van der Waals surface area contributed by atoms with Crippen LogP contribution in [0.3, 0.4) is 0 Å². The van der Waals surface area contributed by atoms with Gasteiger partial charge in [0.1, 0.15) is 0 Å². The van der Waals surface area contributed by atoms with Gasteiger partial charge in [0, 0.05) is 50.1 Å². The molecule has 3 heteroatoms. The normalized spacial score (nSPS) is 12.1. The van der Waals surface area contributed by atoms with E-state index in [9.17, 15) is 0 Å². The third-order valence-electron chi connectivity index (χ3n) is 11.5. The van der Waals surface area contributed by atoms with E-state index in [4.69, 9.17) is 4.98 Å². The molecule has 0 atom stereocenters. The minimum Gasteiger partial charge on any atom is -0.309 e. The van der Waals surface area contributed by atoms with Crippen molar-refractivity contribution in [2.24, 2.45) is 0 Å². The van der Waals surface area contributed by atoms with Gasteiger partial charge in [0.05, 0.1) is 27.8 Å². The SMILES string of the molecule is c1ccc(-n2c3ccccc3c3cc(-c4ccc5c(c4)c4cc(-c6ccc7c(c6)-c6cccc8ccnc-7c68)ccc4n5-c4ccccc4)ccc32)cc1. The topological polar surface area (TPSA) is 22.8 Å². The van der Waals surface area contributed by atoms with Crippen LogP contribution in [0.4, 0.5) is 0 Å². The first kappa shape index (κ1) is 29.4. The fourth-order valence-electron chi connectivity index (χ4n) is 9.06. The van der Waals surface area contributed by atoms with Crippen LogP contribution in [-0.2, 0) is 0 Å². The zero-order chi connectivity index (χ0) is 35.3. The first-order valence-electron chi connectivity index (χ1n) is 18.5. The molecule has 0 unspecified atom stereocenters. The van der Waals surface area contributed by atoms with E-state index >= 15 is 0 Å². The Hall–Kier alpha value is -7.23. The summed E-state index contributed by atoms with van der Waals surface area (Å²) in [4.78, 5) is 4.80. The Balaban J connectivity index is 1.05. The van der Waals surface area contributed by atoms with Crippen molar-refractivity contribution in [1.82, 2.24) is 14.1 Å². The van der Waals surface area contributed by atoms with E-state index in [0.29, 0.717) is 0 Å².